The van der Waals surface area contributed by atoms with Gasteiger partial charge in [-0.1, -0.05) is 20.8 Å². The predicted octanol–water partition coefficient (Wildman–Crippen LogP) is 3.07. The van der Waals surface area contributed by atoms with E-state index in [-0.39, 0.29) is 5.41 Å². The first-order valence-corrected chi connectivity index (χ1v) is 7.70. The molecule has 20 heavy (non-hydrogen) atoms. The van der Waals surface area contributed by atoms with E-state index in [0.29, 0.717) is 6.10 Å². The first-order valence-electron chi connectivity index (χ1n) is 7.70. The lowest BCUT2D eigenvalue weighted by atomic mass is 9.88. The van der Waals surface area contributed by atoms with Crippen molar-refractivity contribution < 1.29 is 4.74 Å². The van der Waals surface area contributed by atoms with Gasteiger partial charge in [0.2, 0.25) is 0 Å². The van der Waals surface area contributed by atoms with Gasteiger partial charge in [-0.2, -0.15) is 0 Å². The fourth-order valence-electron chi connectivity index (χ4n) is 2.68. The van der Waals surface area contributed by atoms with Crippen LogP contribution in [0.3, 0.4) is 0 Å². The number of pyridine rings is 1. The molecule has 1 aliphatic heterocycles. The SMILES string of the molecule is Cc1ccncc1CCCN1CCOC(C(C)(C)C)C1. The maximum absolute atomic E-state index is 5.90. The van der Waals surface area contributed by atoms with Crippen LogP contribution in [0.5, 0.6) is 0 Å². The van der Waals surface area contributed by atoms with Crippen LogP contribution in [0.4, 0.5) is 0 Å². The number of rotatable bonds is 4. The van der Waals surface area contributed by atoms with Gasteiger partial charge in [0.1, 0.15) is 0 Å². The summed E-state index contributed by atoms with van der Waals surface area (Å²) in [4.78, 5) is 6.77. The van der Waals surface area contributed by atoms with Gasteiger partial charge in [0.15, 0.2) is 0 Å². The number of morpholine rings is 1. The molecule has 0 bridgehead atoms. The van der Waals surface area contributed by atoms with Gasteiger partial charge in [-0.15, -0.1) is 0 Å². The third-order valence-electron chi connectivity index (χ3n) is 4.18. The topological polar surface area (TPSA) is 25.4 Å². The molecule has 2 heterocycles. The summed E-state index contributed by atoms with van der Waals surface area (Å²) >= 11 is 0. The molecule has 0 aliphatic carbocycles. The maximum Gasteiger partial charge on any atom is 0.0750 e. The van der Waals surface area contributed by atoms with Crippen molar-refractivity contribution in [1.82, 2.24) is 9.88 Å². The van der Waals surface area contributed by atoms with E-state index >= 15 is 0 Å². The Hall–Kier alpha value is -0.930. The third-order valence-corrected chi connectivity index (χ3v) is 4.18. The molecule has 112 valence electrons. The molecule has 1 saturated heterocycles. The second-order valence-corrected chi connectivity index (χ2v) is 6.93. The average Bonchev–Trinajstić information content (AvgIpc) is 2.40. The van der Waals surface area contributed by atoms with Crippen molar-refractivity contribution in [1.29, 1.82) is 0 Å². The van der Waals surface area contributed by atoms with Crippen LogP contribution in [0.2, 0.25) is 0 Å². The minimum atomic E-state index is 0.235. The van der Waals surface area contributed by atoms with Gasteiger partial charge in [0.25, 0.3) is 0 Å². The second kappa shape index (κ2) is 6.68. The lowest BCUT2D eigenvalue weighted by molar-refractivity contribution is -0.0794. The van der Waals surface area contributed by atoms with Crippen LogP contribution in [0.15, 0.2) is 18.5 Å². The summed E-state index contributed by atoms with van der Waals surface area (Å²) in [6.45, 7) is 13.1. The van der Waals surface area contributed by atoms with E-state index in [1.165, 1.54) is 17.5 Å². The van der Waals surface area contributed by atoms with E-state index in [1.54, 1.807) is 0 Å². The van der Waals surface area contributed by atoms with Crippen LogP contribution in [0.1, 0.15) is 38.3 Å². The molecule has 1 fully saturated rings. The smallest absolute Gasteiger partial charge is 0.0750 e. The molecule has 2 rings (SSSR count). The molecule has 0 aromatic carbocycles. The van der Waals surface area contributed by atoms with Crippen molar-refractivity contribution in [2.24, 2.45) is 5.41 Å². The Labute approximate surface area is 123 Å². The highest BCUT2D eigenvalue weighted by Crippen LogP contribution is 2.25. The molecular formula is C17H28N2O. The van der Waals surface area contributed by atoms with Crippen molar-refractivity contribution in [3.05, 3.63) is 29.6 Å². The molecule has 1 aromatic rings. The largest absolute Gasteiger partial charge is 0.375 e. The lowest BCUT2D eigenvalue weighted by Crippen LogP contribution is -2.48. The zero-order valence-corrected chi connectivity index (χ0v) is 13.4. The highest BCUT2D eigenvalue weighted by Gasteiger charge is 2.30. The molecule has 1 aliphatic rings. The van der Waals surface area contributed by atoms with Gasteiger partial charge >= 0.3 is 0 Å². The normalized spacial score (nSPS) is 21.1. The van der Waals surface area contributed by atoms with Crippen molar-refractivity contribution in [3.8, 4) is 0 Å². The summed E-state index contributed by atoms with van der Waals surface area (Å²) < 4.78 is 5.90. The number of aryl methyl sites for hydroxylation is 2. The number of hydrogen-bond donors (Lipinski definition) is 0. The molecule has 0 amide bonds. The van der Waals surface area contributed by atoms with E-state index in [2.05, 4.69) is 43.6 Å². The van der Waals surface area contributed by atoms with Gasteiger partial charge in [0.05, 0.1) is 12.7 Å². The second-order valence-electron chi connectivity index (χ2n) is 6.93. The predicted molar refractivity (Wildman–Crippen MR) is 82.9 cm³/mol. The van der Waals surface area contributed by atoms with Gasteiger partial charge in [0, 0.05) is 25.5 Å². The standard InChI is InChI=1S/C17H28N2O/c1-14-7-8-18-12-15(14)6-5-9-19-10-11-20-16(13-19)17(2,3)4/h7-8,12,16H,5-6,9-11,13H2,1-4H3. The zero-order chi connectivity index (χ0) is 14.6. The van der Waals surface area contributed by atoms with E-state index in [4.69, 9.17) is 4.74 Å². The van der Waals surface area contributed by atoms with Crippen molar-refractivity contribution in [3.63, 3.8) is 0 Å². The number of nitrogens with zero attached hydrogens (tertiary/aromatic N) is 2. The summed E-state index contributed by atoms with van der Waals surface area (Å²) in [6, 6.07) is 2.10. The minimum absolute atomic E-state index is 0.235. The summed E-state index contributed by atoms with van der Waals surface area (Å²) in [7, 11) is 0. The van der Waals surface area contributed by atoms with Crippen molar-refractivity contribution >= 4 is 0 Å². The Morgan fingerprint density at radius 1 is 1.40 bits per heavy atom. The van der Waals surface area contributed by atoms with Crippen LogP contribution in [0, 0.1) is 12.3 Å². The van der Waals surface area contributed by atoms with E-state index in [0.717, 1.165) is 32.7 Å². The number of aromatic nitrogens is 1. The highest BCUT2D eigenvalue weighted by atomic mass is 16.5. The number of ether oxygens (including phenoxy) is 1. The summed E-state index contributed by atoms with van der Waals surface area (Å²) in [5, 5.41) is 0. The quantitative estimate of drug-likeness (QED) is 0.845. The molecular weight excluding hydrogens is 248 g/mol. The van der Waals surface area contributed by atoms with Crippen LogP contribution < -0.4 is 0 Å². The molecule has 0 radical (unpaired) electrons. The van der Waals surface area contributed by atoms with Crippen LogP contribution in [-0.2, 0) is 11.2 Å². The fraction of sp³-hybridized carbons (Fsp3) is 0.706. The monoisotopic (exact) mass is 276 g/mol. The van der Waals surface area contributed by atoms with Gasteiger partial charge in [-0.05, 0) is 48.9 Å². The average molecular weight is 276 g/mol. The van der Waals surface area contributed by atoms with Gasteiger partial charge in [-0.3, -0.25) is 9.88 Å². The Morgan fingerprint density at radius 2 is 2.20 bits per heavy atom. The minimum Gasteiger partial charge on any atom is -0.375 e. The number of hydrogen-bond acceptors (Lipinski definition) is 3. The van der Waals surface area contributed by atoms with E-state index in [9.17, 15) is 0 Å². The maximum atomic E-state index is 5.90. The molecule has 3 heteroatoms. The Balaban J connectivity index is 1.78. The zero-order valence-electron chi connectivity index (χ0n) is 13.4. The summed E-state index contributed by atoms with van der Waals surface area (Å²) in [5.41, 5.74) is 2.97. The Morgan fingerprint density at radius 3 is 2.90 bits per heavy atom. The van der Waals surface area contributed by atoms with Crippen LogP contribution in [-0.4, -0.2) is 42.2 Å². The van der Waals surface area contributed by atoms with Crippen molar-refractivity contribution in [2.75, 3.05) is 26.2 Å². The highest BCUT2D eigenvalue weighted by molar-refractivity contribution is 5.21. The first-order chi connectivity index (χ1) is 9.47. The van der Waals surface area contributed by atoms with Crippen LogP contribution in [0.25, 0.3) is 0 Å². The van der Waals surface area contributed by atoms with Gasteiger partial charge in [-0.25, -0.2) is 0 Å². The fourth-order valence-corrected chi connectivity index (χ4v) is 2.68. The van der Waals surface area contributed by atoms with E-state index in [1.807, 2.05) is 12.4 Å². The summed E-state index contributed by atoms with van der Waals surface area (Å²) in [5.74, 6) is 0. The third kappa shape index (κ3) is 4.29. The van der Waals surface area contributed by atoms with E-state index < -0.39 is 0 Å². The molecule has 1 atom stereocenters. The van der Waals surface area contributed by atoms with Crippen LogP contribution >= 0.6 is 0 Å². The lowest BCUT2D eigenvalue weighted by Gasteiger charge is -2.39. The molecule has 1 unspecified atom stereocenters. The first kappa shape index (κ1) is 15.5. The molecule has 0 N–H and O–H groups in total. The molecule has 0 spiro atoms. The Kier molecular flexibility index (Phi) is 5.17. The Bertz CT molecular complexity index is 425. The van der Waals surface area contributed by atoms with Crippen molar-refractivity contribution in [2.45, 2.75) is 46.6 Å². The van der Waals surface area contributed by atoms with Gasteiger partial charge < -0.3 is 4.74 Å². The molecule has 3 nitrogen and oxygen atoms in total. The molecule has 1 aromatic heterocycles. The molecule has 0 saturated carbocycles. The summed E-state index contributed by atoms with van der Waals surface area (Å²) in [6.07, 6.45) is 6.55.